The second-order valence-electron chi connectivity index (χ2n) is 4.22. The molecule has 0 radical (unpaired) electrons. The number of hydrogen-bond donors (Lipinski definition) is 1. The standard InChI is InChI=1S/C15H15NO4S/c1-10-16-11(9-21-10)7-20-14-6-4-3-5-12(14)13(8-19-2)15(17)18/h3-6,8-9H,7H2,1-2H3,(H,17,18). The Kier molecular flexibility index (Phi) is 4.94. The van der Waals surface area contributed by atoms with Crippen LogP contribution in [-0.2, 0) is 16.1 Å². The topological polar surface area (TPSA) is 68.7 Å². The fourth-order valence-corrected chi connectivity index (χ4v) is 2.39. The molecule has 0 saturated carbocycles. The fraction of sp³-hybridized carbons (Fsp3) is 0.200. The van der Waals surface area contributed by atoms with Crippen molar-refractivity contribution in [3.63, 3.8) is 0 Å². The molecule has 5 nitrogen and oxygen atoms in total. The highest BCUT2D eigenvalue weighted by molar-refractivity contribution is 7.09. The van der Waals surface area contributed by atoms with Crippen molar-refractivity contribution in [2.24, 2.45) is 0 Å². The molecular weight excluding hydrogens is 290 g/mol. The summed E-state index contributed by atoms with van der Waals surface area (Å²) in [5.41, 5.74) is 1.33. The normalized spacial score (nSPS) is 11.2. The minimum atomic E-state index is -1.07. The Morgan fingerprint density at radius 2 is 2.19 bits per heavy atom. The predicted octanol–water partition coefficient (Wildman–Crippen LogP) is 3.10. The van der Waals surface area contributed by atoms with E-state index in [0.717, 1.165) is 10.7 Å². The Bertz CT molecular complexity index is 663. The lowest BCUT2D eigenvalue weighted by atomic mass is 10.1. The van der Waals surface area contributed by atoms with E-state index in [2.05, 4.69) is 4.98 Å². The molecule has 0 atom stereocenters. The number of para-hydroxylation sites is 1. The lowest BCUT2D eigenvalue weighted by Gasteiger charge is -2.11. The van der Waals surface area contributed by atoms with Gasteiger partial charge in [0.1, 0.15) is 17.9 Å². The first-order chi connectivity index (χ1) is 10.1. The highest BCUT2D eigenvalue weighted by Crippen LogP contribution is 2.27. The summed E-state index contributed by atoms with van der Waals surface area (Å²) >= 11 is 1.55. The van der Waals surface area contributed by atoms with Gasteiger partial charge in [-0.25, -0.2) is 9.78 Å². The van der Waals surface area contributed by atoms with Crippen LogP contribution in [0.4, 0.5) is 0 Å². The van der Waals surface area contributed by atoms with Gasteiger partial charge in [-0.1, -0.05) is 18.2 Å². The van der Waals surface area contributed by atoms with Crippen LogP contribution in [0, 0.1) is 6.92 Å². The van der Waals surface area contributed by atoms with Crippen LogP contribution in [0.2, 0.25) is 0 Å². The highest BCUT2D eigenvalue weighted by atomic mass is 32.1. The zero-order valence-corrected chi connectivity index (χ0v) is 12.5. The van der Waals surface area contributed by atoms with Gasteiger partial charge in [-0.2, -0.15) is 0 Å². The van der Waals surface area contributed by atoms with Crippen molar-refractivity contribution in [1.82, 2.24) is 4.98 Å². The van der Waals surface area contributed by atoms with Crippen molar-refractivity contribution in [1.29, 1.82) is 0 Å². The first-order valence-electron chi connectivity index (χ1n) is 6.21. The van der Waals surface area contributed by atoms with Gasteiger partial charge in [-0.05, 0) is 13.0 Å². The summed E-state index contributed by atoms with van der Waals surface area (Å²) in [7, 11) is 1.41. The summed E-state index contributed by atoms with van der Waals surface area (Å²) < 4.78 is 10.5. The fourth-order valence-electron chi connectivity index (χ4n) is 1.79. The monoisotopic (exact) mass is 305 g/mol. The van der Waals surface area contributed by atoms with E-state index in [0.29, 0.717) is 17.9 Å². The molecule has 0 aliphatic carbocycles. The van der Waals surface area contributed by atoms with Crippen LogP contribution in [0.15, 0.2) is 35.9 Å². The number of aliphatic carboxylic acids is 1. The molecule has 2 rings (SSSR count). The van der Waals surface area contributed by atoms with Gasteiger partial charge >= 0.3 is 5.97 Å². The number of aromatic nitrogens is 1. The highest BCUT2D eigenvalue weighted by Gasteiger charge is 2.16. The molecular formula is C15H15NO4S. The molecule has 0 aliphatic rings. The molecule has 2 aromatic rings. The molecule has 21 heavy (non-hydrogen) atoms. The summed E-state index contributed by atoms with van der Waals surface area (Å²) in [5.74, 6) is -0.591. The Morgan fingerprint density at radius 3 is 2.81 bits per heavy atom. The van der Waals surface area contributed by atoms with Crippen molar-refractivity contribution in [3.05, 3.63) is 52.2 Å². The number of ether oxygens (including phenoxy) is 2. The molecule has 0 fully saturated rings. The van der Waals surface area contributed by atoms with Gasteiger partial charge in [0.05, 0.1) is 24.1 Å². The predicted molar refractivity (Wildman–Crippen MR) is 80.2 cm³/mol. The van der Waals surface area contributed by atoms with Crippen LogP contribution < -0.4 is 4.74 Å². The maximum atomic E-state index is 11.3. The van der Waals surface area contributed by atoms with Crippen molar-refractivity contribution < 1.29 is 19.4 Å². The zero-order chi connectivity index (χ0) is 15.2. The molecule has 1 aromatic heterocycles. The zero-order valence-electron chi connectivity index (χ0n) is 11.7. The maximum absolute atomic E-state index is 11.3. The number of benzene rings is 1. The Balaban J connectivity index is 2.24. The number of thiazole rings is 1. The summed E-state index contributed by atoms with van der Waals surface area (Å²) in [4.78, 5) is 15.6. The summed E-state index contributed by atoms with van der Waals surface area (Å²) in [5, 5.41) is 12.1. The number of carbonyl (C=O) groups is 1. The first kappa shape index (κ1) is 15.1. The average molecular weight is 305 g/mol. The van der Waals surface area contributed by atoms with E-state index in [1.54, 1.807) is 35.6 Å². The average Bonchev–Trinajstić information content (AvgIpc) is 2.88. The van der Waals surface area contributed by atoms with Crippen LogP contribution >= 0.6 is 11.3 Å². The third-order valence-electron chi connectivity index (χ3n) is 2.69. The van der Waals surface area contributed by atoms with E-state index < -0.39 is 5.97 Å². The first-order valence-corrected chi connectivity index (χ1v) is 7.09. The third kappa shape index (κ3) is 3.82. The summed E-state index contributed by atoms with van der Waals surface area (Å²) in [6.07, 6.45) is 1.19. The van der Waals surface area contributed by atoms with Crippen LogP contribution in [0.25, 0.3) is 5.57 Å². The number of rotatable bonds is 6. The van der Waals surface area contributed by atoms with Crippen molar-refractivity contribution in [3.8, 4) is 5.75 Å². The number of carboxylic acid groups (broad SMARTS) is 1. The number of nitrogens with zero attached hydrogens (tertiary/aromatic N) is 1. The van der Waals surface area contributed by atoms with Gasteiger partial charge in [0.2, 0.25) is 0 Å². The van der Waals surface area contributed by atoms with E-state index in [1.807, 2.05) is 12.3 Å². The van der Waals surface area contributed by atoms with Crippen molar-refractivity contribution in [2.45, 2.75) is 13.5 Å². The SMILES string of the molecule is COC=C(C(=O)O)c1ccccc1OCc1csc(C)n1. The van der Waals surface area contributed by atoms with Crippen molar-refractivity contribution in [2.75, 3.05) is 7.11 Å². The van der Waals surface area contributed by atoms with Crippen LogP contribution in [0.5, 0.6) is 5.75 Å². The van der Waals surface area contributed by atoms with Gasteiger partial charge in [-0.3, -0.25) is 0 Å². The third-order valence-corrected chi connectivity index (χ3v) is 3.51. The molecule has 1 heterocycles. The Morgan fingerprint density at radius 1 is 1.43 bits per heavy atom. The molecule has 0 bridgehead atoms. The molecule has 0 saturated heterocycles. The largest absolute Gasteiger partial charge is 0.503 e. The molecule has 110 valence electrons. The Hall–Kier alpha value is -2.34. The lowest BCUT2D eigenvalue weighted by molar-refractivity contribution is -0.130. The number of carboxylic acids is 1. The van der Waals surface area contributed by atoms with E-state index in [1.165, 1.54) is 13.4 Å². The van der Waals surface area contributed by atoms with Gasteiger partial charge in [0.15, 0.2) is 0 Å². The van der Waals surface area contributed by atoms with E-state index >= 15 is 0 Å². The van der Waals surface area contributed by atoms with E-state index in [-0.39, 0.29) is 5.57 Å². The number of methoxy groups -OCH3 is 1. The van der Waals surface area contributed by atoms with E-state index in [9.17, 15) is 9.90 Å². The molecule has 0 spiro atoms. The maximum Gasteiger partial charge on any atom is 0.339 e. The molecule has 0 amide bonds. The van der Waals surface area contributed by atoms with Gasteiger partial charge in [0.25, 0.3) is 0 Å². The van der Waals surface area contributed by atoms with E-state index in [4.69, 9.17) is 9.47 Å². The second kappa shape index (κ2) is 6.90. The molecule has 1 aromatic carbocycles. The van der Waals surface area contributed by atoms with Gasteiger partial charge < -0.3 is 14.6 Å². The second-order valence-corrected chi connectivity index (χ2v) is 5.28. The van der Waals surface area contributed by atoms with Crippen LogP contribution in [0.1, 0.15) is 16.3 Å². The summed E-state index contributed by atoms with van der Waals surface area (Å²) in [6, 6.07) is 6.95. The minimum absolute atomic E-state index is 0.0440. The van der Waals surface area contributed by atoms with Crippen molar-refractivity contribution >= 4 is 22.9 Å². The lowest BCUT2D eigenvalue weighted by Crippen LogP contribution is -2.04. The van der Waals surface area contributed by atoms with Crippen LogP contribution in [-0.4, -0.2) is 23.2 Å². The molecule has 0 aliphatic heterocycles. The summed E-state index contributed by atoms with van der Waals surface area (Å²) in [6.45, 7) is 2.22. The quantitative estimate of drug-likeness (QED) is 0.656. The number of hydrogen-bond acceptors (Lipinski definition) is 5. The van der Waals surface area contributed by atoms with Crippen LogP contribution in [0.3, 0.4) is 0 Å². The minimum Gasteiger partial charge on any atom is -0.503 e. The van der Waals surface area contributed by atoms with Gasteiger partial charge in [-0.15, -0.1) is 11.3 Å². The number of aryl methyl sites for hydroxylation is 1. The smallest absolute Gasteiger partial charge is 0.339 e. The molecule has 0 unspecified atom stereocenters. The van der Waals surface area contributed by atoms with Gasteiger partial charge in [0, 0.05) is 10.9 Å². The molecule has 1 N–H and O–H groups in total. The molecule has 6 heteroatoms. The Labute approximate surface area is 126 Å².